The Morgan fingerprint density at radius 2 is 2.17 bits per heavy atom. The van der Waals surface area contributed by atoms with Crippen molar-refractivity contribution in [3.63, 3.8) is 0 Å². The average molecular weight is 310 g/mol. The fourth-order valence-electron chi connectivity index (χ4n) is 2.49. The summed E-state index contributed by atoms with van der Waals surface area (Å²) < 4.78 is 7.09. The van der Waals surface area contributed by atoms with Gasteiger partial charge in [-0.15, -0.1) is 0 Å². The summed E-state index contributed by atoms with van der Waals surface area (Å²) in [6.45, 7) is 2.35. The molecule has 0 saturated carbocycles. The van der Waals surface area contributed by atoms with E-state index < -0.39 is 0 Å². The van der Waals surface area contributed by atoms with Crippen molar-refractivity contribution >= 4 is 11.6 Å². The fraction of sp³-hybridized carbons (Fsp3) is 0.235. The topological polar surface area (TPSA) is 68.5 Å². The van der Waals surface area contributed by atoms with Crippen LogP contribution in [0.1, 0.15) is 28.8 Å². The Morgan fingerprint density at radius 3 is 2.87 bits per heavy atom. The first-order valence-corrected chi connectivity index (χ1v) is 7.46. The Labute approximate surface area is 134 Å². The molecule has 3 rings (SSSR count). The quantitative estimate of drug-likeness (QED) is 0.784. The van der Waals surface area contributed by atoms with Crippen LogP contribution in [0, 0.1) is 0 Å². The highest BCUT2D eigenvalue weighted by Gasteiger charge is 2.19. The van der Waals surface area contributed by atoms with Crippen molar-refractivity contribution in [2.24, 2.45) is 0 Å². The zero-order valence-corrected chi connectivity index (χ0v) is 13.1. The first kappa shape index (κ1) is 15.0. The molecule has 0 radical (unpaired) electrons. The maximum Gasteiger partial charge on any atom is 0.270 e. The van der Waals surface area contributed by atoms with Crippen LogP contribution in [0.2, 0.25) is 0 Å². The number of hydrogen-bond donors (Lipinski definition) is 1. The SMILES string of the molecule is CCc1nc2c(OC)cccn2c1C(=O)NCc1ccccn1. The number of nitrogens with one attached hydrogen (secondary N) is 1. The molecule has 0 aromatic carbocycles. The highest BCUT2D eigenvalue weighted by Crippen LogP contribution is 2.22. The first-order chi connectivity index (χ1) is 11.2. The minimum atomic E-state index is -0.173. The maximum absolute atomic E-state index is 12.6. The van der Waals surface area contributed by atoms with Gasteiger partial charge in [0.2, 0.25) is 0 Å². The Morgan fingerprint density at radius 1 is 1.30 bits per heavy atom. The van der Waals surface area contributed by atoms with E-state index in [9.17, 15) is 4.79 Å². The second-order valence-electron chi connectivity index (χ2n) is 5.03. The summed E-state index contributed by atoms with van der Waals surface area (Å²) in [6, 6.07) is 9.28. The molecular formula is C17H18N4O2. The molecule has 23 heavy (non-hydrogen) atoms. The lowest BCUT2D eigenvalue weighted by Gasteiger charge is -2.07. The normalized spacial score (nSPS) is 10.7. The molecule has 0 aliphatic carbocycles. The molecule has 1 N–H and O–H groups in total. The predicted octanol–water partition coefficient (Wildman–Crippen LogP) is 2.23. The van der Waals surface area contributed by atoms with Crippen LogP contribution in [0.15, 0.2) is 42.7 Å². The second kappa shape index (κ2) is 6.48. The van der Waals surface area contributed by atoms with E-state index in [-0.39, 0.29) is 5.91 Å². The number of rotatable bonds is 5. The van der Waals surface area contributed by atoms with Crippen LogP contribution in [0.4, 0.5) is 0 Å². The number of carbonyl (C=O) groups excluding carboxylic acids is 1. The van der Waals surface area contributed by atoms with Gasteiger partial charge in [-0.3, -0.25) is 14.2 Å². The Hall–Kier alpha value is -2.89. The number of imidazole rings is 1. The number of nitrogens with zero attached hydrogens (tertiary/aromatic N) is 3. The summed E-state index contributed by atoms with van der Waals surface area (Å²) in [6.07, 6.45) is 4.19. The molecule has 0 aliphatic heterocycles. The minimum absolute atomic E-state index is 0.173. The fourth-order valence-corrected chi connectivity index (χ4v) is 2.49. The number of pyridine rings is 2. The Bertz CT molecular complexity index is 827. The smallest absolute Gasteiger partial charge is 0.270 e. The number of amides is 1. The van der Waals surface area contributed by atoms with Crippen LogP contribution >= 0.6 is 0 Å². The van der Waals surface area contributed by atoms with Gasteiger partial charge in [-0.25, -0.2) is 4.98 Å². The standard InChI is InChI=1S/C17H18N4O2/c1-3-13-15(17(22)19-11-12-7-4-5-9-18-12)21-10-6-8-14(23-2)16(21)20-13/h4-10H,3,11H2,1-2H3,(H,19,22). The van der Waals surface area contributed by atoms with E-state index in [1.54, 1.807) is 17.7 Å². The molecule has 6 heteroatoms. The van der Waals surface area contributed by atoms with Gasteiger partial charge in [-0.2, -0.15) is 0 Å². The lowest BCUT2D eigenvalue weighted by atomic mass is 10.2. The molecule has 0 bridgehead atoms. The van der Waals surface area contributed by atoms with Crippen molar-refractivity contribution in [3.8, 4) is 5.75 Å². The molecule has 3 heterocycles. The molecule has 0 aliphatic rings. The van der Waals surface area contributed by atoms with Crippen molar-refractivity contribution in [2.45, 2.75) is 19.9 Å². The molecule has 3 aromatic rings. The number of fused-ring (bicyclic) bond motifs is 1. The molecule has 0 spiro atoms. The zero-order chi connectivity index (χ0) is 16.2. The van der Waals surface area contributed by atoms with Gasteiger partial charge in [0.1, 0.15) is 5.69 Å². The molecule has 0 fully saturated rings. The predicted molar refractivity (Wildman–Crippen MR) is 86.5 cm³/mol. The van der Waals surface area contributed by atoms with E-state index >= 15 is 0 Å². The van der Waals surface area contributed by atoms with E-state index in [0.717, 1.165) is 11.4 Å². The van der Waals surface area contributed by atoms with Crippen LogP contribution in [0.5, 0.6) is 5.75 Å². The monoisotopic (exact) mass is 310 g/mol. The maximum atomic E-state index is 12.6. The van der Waals surface area contributed by atoms with Gasteiger partial charge in [0.15, 0.2) is 11.4 Å². The van der Waals surface area contributed by atoms with Crippen molar-refractivity contribution in [3.05, 3.63) is 59.8 Å². The van der Waals surface area contributed by atoms with Gasteiger partial charge in [0, 0.05) is 12.4 Å². The average Bonchev–Trinajstić information content (AvgIpc) is 2.99. The van der Waals surface area contributed by atoms with Gasteiger partial charge in [0.05, 0.1) is 25.0 Å². The number of methoxy groups -OCH3 is 1. The number of carbonyl (C=O) groups is 1. The van der Waals surface area contributed by atoms with Gasteiger partial charge in [-0.1, -0.05) is 13.0 Å². The molecule has 0 saturated heterocycles. The van der Waals surface area contributed by atoms with Crippen molar-refractivity contribution in [1.82, 2.24) is 19.7 Å². The summed E-state index contributed by atoms with van der Waals surface area (Å²) >= 11 is 0. The molecule has 3 aromatic heterocycles. The highest BCUT2D eigenvalue weighted by atomic mass is 16.5. The third-order valence-corrected chi connectivity index (χ3v) is 3.61. The first-order valence-electron chi connectivity index (χ1n) is 7.46. The van der Waals surface area contributed by atoms with E-state index in [4.69, 9.17) is 4.74 Å². The van der Waals surface area contributed by atoms with Gasteiger partial charge in [-0.05, 0) is 30.7 Å². The summed E-state index contributed by atoms with van der Waals surface area (Å²) in [5, 5.41) is 2.90. The van der Waals surface area contributed by atoms with Crippen LogP contribution in [-0.4, -0.2) is 27.4 Å². The highest BCUT2D eigenvalue weighted by molar-refractivity contribution is 5.95. The third-order valence-electron chi connectivity index (χ3n) is 3.61. The lowest BCUT2D eigenvalue weighted by Crippen LogP contribution is -2.25. The van der Waals surface area contributed by atoms with Crippen LogP contribution in [0.25, 0.3) is 5.65 Å². The molecule has 6 nitrogen and oxygen atoms in total. The van der Waals surface area contributed by atoms with Gasteiger partial charge < -0.3 is 10.1 Å². The molecule has 0 unspecified atom stereocenters. The summed E-state index contributed by atoms with van der Waals surface area (Å²) in [5.41, 5.74) is 2.74. The van der Waals surface area contributed by atoms with Crippen LogP contribution in [0.3, 0.4) is 0 Å². The summed E-state index contributed by atoms with van der Waals surface area (Å²) in [7, 11) is 1.59. The van der Waals surface area contributed by atoms with Crippen LogP contribution in [-0.2, 0) is 13.0 Å². The number of hydrogen-bond acceptors (Lipinski definition) is 4. The Balaban J connectivity index is 1.93. The largest absolute Gasteiger partial charge is 0.493 e. The van der Waals surface area contributed by atoms with Gasteiger partial charge in [0.25, 0.3) is 5.91 Å². The van der Waals surface area contributed by atoms with Crippen LogP contribution < -0.4 is 10.1 Å². The number of aromatic nitrogens is 3. The number of ether oxygens (including phenoxy) is 1. The lowest BCUT2D eigenvalue weighted by molar-refractivity contribution is 0.0943. The van der Waals surface area contributed by atoms with Crippen molar-refractivity contribution in [1.29, 1.82) is 0 Å². The van der Waals surface area contributed by atoms with E-state index in [1.165, 1.54) is 0 Å². The molecular weight excluding hydrogens is 292 g/mol. The molecule has 118 valence electrons. The number of aryl methyl sites for hydroxylation is 1. The summed E-state index contributed by atoms with van der Waals surface area (Å²) in [5.74, 6) is 0.472. The summed E-state index contributed by atoms with van der Waals surface area (Å²) in [4.78, 5) is 21.4. The second-order valence-corrected chi connectivity index (χ2v) is 5.03. The van der Waals surface area contributed by atoms with Crippen molar-refractivity contribution < 1.29 is 9.53 Å². The molecule has 1 amide bonds. The van der Waals surface area contributed by atoms with E-state index in [0.29, 0.717) is 30.1 Å². The van der Waals surface area contributed by atoms with Crippen molar-refractivity contribution in [2.75, 3.05) is 7.11 Å². The minimum Gasteiger partial charge on any atom is -0.493 e. The van der Waals surface area contributed by atoms with E-state index in [2.05, 4.69) is 15.3 Å². The zero-order valence-electron chi connectivity index (χ0n) is 13.1. The van der Waals surface area contributed by atoms with E-state index in [1.807, 2.05) is 43.5 Å². The Kier molecular flexibility index (Phi) is 4.23. The molecule has 0 atom stereocenters. The van der Waals surface area contributed by atoms with Gasteiger partial charge >= 0.3 is 0 Å². The third kappa shape index (κ3) is 2.88.